The van der Waals surface area contributed by atoms with Crippen molar-refractivity contribution in [3.8, 4) is 23.0 Å². The summed E-state index contributed by atoms with van der Waals surface area (Å²) in [5.41, 5.74) is 2.19. The molecule has 5 rings (SSSR count). The fourth-order valence-corrected chi connectivity index (χ4v) is 3.64. The van der Waals surface area contributed by atoms with Gasteiger partial charge < -0.3 is 9.67 Å². The average Bonchev–Trinajstić information content (AvgIpc) is 3.37. The lowest BCUT2D eigenvalue weighted by Gasteiger charge is -2.12. The zero-order valence-corrected chi connectivity index (χ0v) is 15.1. The lowest BCUT2D eigenvalue weighted by molar-refractivity contribution is 0.462. The lowest BCUT2D eigenvalue weighted by Crippen LogP contribution is -2.26. The molecular formula is C21H17N5O2. The van der Waals surface area contributed by atoms with Crippen LogP contribution < -0.4 is 5.56 Å². The van der Waals surface area contributed by atoms with E-state index >= 15 is 0 Å². The highest BCUT2D eigenvalue weighted by Gasteiger charge is 2.19. The minimum Gasteiger partial charge on any atom is -0.492 e. The molecule has 0 atom stereocenters. The van der Waals surface area contributed by atoms with Crippen molar-refractivity contribution < 1.29 is 5.11 Å². The molecule has 5 aromatic rings. The van der Waals surface area contributed by atoms with E-state index < -0.39 is 0 Å². The van der Waals surface area contributed by atoms with Crippen LogP contribution >= 0.6 is 0 Å². The Bertz CT molecular complexity index is 1360. The standard InChI is InChI=1S/C21H17N5O2/c1-2-25-21(28)17-6-4-3-5-16(17)18-20(27)23-19(26(18)25)14-7-9-15(10-8-14)24-12-11-22-13-24/h3-13,27H,2H2,1H3. The van der Waals surface area contributed by atoms with Crippen molar-refractivity contribution in [2.24, 2.45) is 0 Å². The Hall–Kier alpha value is -3.87. The Balaban J connectivity index is 1.80. The first-order valence-electron chi connectivity index (χ1n) is 9.01. The fraction of sp³-hybridized carbons (Fsp3) is 0.0952. The molecule has 0 aliphatic carbocycles. The number of aromatic hydroxyl groups is 1. The van der Waals surface area contributed by atoms with Gasteiger partial charge in [0, 0.05) is 35.6 Å². The summed E-state index contributed by atoms with van der Waals surface area (Å²) in [5, 5.41) is 11.9. The molecule has 2 aromatic carbocycles. The van der Waals surface area contributed by atoms with Crippen molar-refractivity contribution in [2.75, 3.05) is 0 Å². The Morgan fingerprint density at radius 2 is 1.79 bits per heavy atom. The molecular weight excluding hydrogens is 354 g/mol. The second-order valence-corrected chi connectivity index (χ2v) is 6.50. The molecule has 0 aliphatic heterocycles. The highest BCUT2D eigenvalue weighted by molar-refractivity contribution is 5.98. The topological polar surface area (TPSA) is 77.3 Å². The van der Waals surface area contributed by atoms with E-state index in [2.05, 4.69) is 9.97 Å². The molecule has 0 saturated heterocycles. The van der Waals surface area contributed by atoms with E-state index in [1.54, 1.807) is 27.8 Å². The molecule has 0 spiro atoms. The summed E-state index contributed by atoms with van der Waals surface area (Å²) in [6, 6.07) is 15.0. The number of aryl methyl sites for hydroxylation is 1. The van der Waals surface area contributed by atoms with Crippen LogP contribution in [0.2, 0.25) is 0 Å². The van der Waals surface area contributed by atoms with Crippen LogP contribution in [0, 0.1) is 0 Å². The molecule has 7 heteroatoms. The highest BCUT2D eigenvalue weighted by Crippen LogP contribution is 2.31. The van der Waals surface area contributed by atoms with Gasteiger partial charge in [-0.3, -0.25) is 4.79 Å². The van der Waals surface area contributed by atoms with Crippen LogP contribution in [0.25, 0.3) is 33.4 Å². The number of aromatic nitrogens is 5. The van der Waals surface area contributed by atoms with Crippen molar-refractivity contribution in [1.29, 1.82) is 0 Å². The van der Waals surface area contributed by atoms with Crippen molar-refractivity contribution in [1.82, 2.24) is 23.7 Å². The van der Waals surface area contributed by atoms with E-state index in [-0.39, 0.29) is 11.4 Å². The van der Waals surface area contributed by atoms with Gasteiger partial charge in [0.15, 0.2) is 5.82 Å². The van der Waals surface area contributed by atoms with Crippen LogP contribution in [0.3, 0.4) is 0 Å². The summed E-state index contributed by atoms with van der Waals surface area (Å²) in [5.74, 6) is 0.432. The molecule has 1 N–H and O–H groups in total. The summed E-state index contributed by atoms with van der Waals surface area (Å²) in [6.45, 7) is 2.36. The molecule has 0 saturated carbocycles. The summed E-state index contributed by atoms with van der Waals surface area (Å²) in [4.78, 5) is 21.5. The second kappa shape index (κ2) is 6.09. The van der Waals surface area contributed by atoms with Crippen LogP contribution in [-0.2, 0) is 6.54 Å². The first-order chi connectivity index (χ1) is 13.7. The lowest BCUT2D eigenvalue weighted by atomic mass is 10.1. The second-order valence-electron chi connectivity index (χ2n) is 6.50. The van der Waals surface area contributed by atoms with E-state index in [1.807, 2.05) is 60.2 Å². The van der Waals surface area contributed by atoms with E-state index in [0.717, 1.165) is 11.3 Å². The molecule has 0 unspecified atom stereocenters. The fourth-order valence-electron chi connectivity index (χ4n) is 3.64. The quantitative estimate of drug-likeness (QED) is 0.528. The summed E-state index contributed by atoms with van der Waals surface area (Å²) in [7, 11) is 0. The highest BCUT2D eigenvalue weighted by atomic mass is 16.3. The number of nitrogens with zero attached hydrogens (tertiary/aromatic N) is 5. The SMILES string of the molecule is CCn1c(=O)c2ccccc2c2c(O)nc(-c3ccc(-n4ccnc4)cc3)n21. The Labute approximate surface area is 159 Å². The average molecular weight is 371 g/mol. The third-order valence-electron chi connectivity index (χ3n) is 4.95. The molecule has 138 valence electrons. The van der Waals surface area contributed by atoms with Crippen LogP contribution in [-0.4, -0.2) is 28.8 Å². The molecule has 3 aromatic heterocycles. The number of fused-ring (bicyclic) bond motifs is 3. The predicted octanol–water partition coefficient (Wildman–Crippen LogP) is 3.23. The van der Waals surface area contributed by atoms with Gasteiger partial charge >= 0.3 is 0 Å². The number of imidazole rings is 2. The van der Waals surface area contributed by atoms with Gasteiger partial charge in [-0.2, -0.15) is 4.98 Å². The van der Waals surface area contributed by atoms with Crippen LogP contribution in [0.1, 0.15) is 6.92 Å². The molecule has 0 aliphatic rings. The normalized spacial score (nSPS) is 11.5. The van der Waals surface area contributed by atoms with E-state index in [1.165, 1.54) is 0 Å². The number of rotatable bonds is 3. The first-order valence-corrected chi connectivity index (χ1v) is 9.01. The Kier molecular flexibility index (Phi) is 3.55. The maximum Gasteiger partial charge on any atom is 0.273 e. The largest absolute Gasteiger partial charge is 0.492 e. The number of hydrogen-bond acceptors (Lipinski definition) is 4. The zero-order valence-electron chi connectivity index (χ0n) is 15.1. The van der Waals surface area contributed by atoms with Crippen molar-refractivity contribution in [3.63, 3.8) is 0 Å². The molecule has 0 radical (unpaired) electrons. The van der Waals surface area contributed by atoms with Gasteiger partial charge in [0.05, 0.1) is 11.7 Å². The molecule has 0 bridgehead atoms. The molecule has 7 nitrogen and oxygen atoms in total. The predicted molar refractivity (Wildman–Crippen MR) is 107 cm³/mol. The zero-order chi connectivity index (χ0) is 19.3. The van der Waals surface area contributed by atoms with Gasteiger partial charge in [-0.1, -0.05) is 18.2 Å². The number of hydrogen-bond donors (Lipinski definition) is 1. The van der Waals surface area contributed by atoms with Gasteiger partial charge in [-0.25, -0.2) is 14.2 Å². The minimum absolute atomic E-state index is 0.0907. The smallest absolute Gasteiger partial charge is 0.273 e. The van der Waals surface area contributed by atoms with Gasteiger partial charge in [0.25, 0.3) is 5.56 Å². The van der Waals surface area contributed by atoms with Gasteiger partial charge in [-0.15, -0.1) is 0 Å². The van der Waals surface area contributed by atoms with Crippen molar-refractivity contribution >= 4 is 16.3 Å². The van der Waals surface area contributed by atoms with Crippen molar-refractivity contribution in [2.45, 2.75) is 13.5 Å². The summed E-state index contributed by atoms with van der Waals surface area (Å²) in [6.07, 6.45) is 5.32. The van der Waals surface area contributed by atoms with Crippen LogP contribution in [0.4, 0.5) is 0 Å². The summed E-state index contributed by atoms with van der Waals surface area (Å²) >= 11 is 0. The molecule has 28 heavy (non-hydrogen) atoms. The Morgan fingerprint density at radius 3 is 2.46 bits per heavy atom. The van der Waals surface area contributed by atoms with E-state index in [9.17, 15) is 9.90 Å². The van der Waals surface area contributed by atoms with Gasteiger partial charge in [-0.05, 0) is 37.3 Å². The third-order valence-corrected chi connectivity index (χ3v) is 4.95. The monoisotopic (exact) mass is 371 g/mol. The minimum atomic E-state index is -0.112. The molecule has 0 amide bonds. The number of benzene rings is 2. The van der Waals surface area contributed by atoms with E-state index in [0.29, 0.717) is 28.7 Å². The van der Waals surface area contributed by atoms with Gasteiger partial charge in [0.1, 0.15) is 5.52 Å². The Morgan fingerprint density at radius 1 is 1.04 bits per heavy atom. The first kappa shape index (κ1) is 16.3. The van der Waals surface area contributed by atoms with Crippen molar-refractivity contribution in [3.05, 3.63) is 77.6 Å². The van der Waals surface area contributed by atoms with Crippen LogP contribution in [0.5, 0.6) is 5.88 Å². The maximum absolute atomic E-state index is 13.0. The third kappa shape index (κ3) is 2.26. The molecule has 0 fully saturated rings. The maximum atomic E-state index is 13.0. The van der Waals surface area contributed by atoms with Gasteiger partial charge in [0.2, 0.25) is 5.88 Å². The van der Waals surface area contributed by atoms with Crippen LogP contribution in [0.15, 0.2) is 72.0 Å². The molecule has 3 heterocycles. The van der Waals surface area contributed by atoms with E-state index in [4.69, 9.17) is 0 Å². The summed E-state index contributed by atoms with van der Waals surface area (Å²) < 4.78 is 5.22.